The Kier molecular flexibility index (Phi) is 3.93. The van der Waals surface area contributed by atoms with E-state index in [0.717, 1.165) is 5.56 Å². The number of carbonyl (C=O) groups is 1. The molecule has 0 bridgehead atoms. The van der Waals surface area contributed by atoms with E-state index in [9.17, 15) is 9.18 Å². The molecule has 0 unspecified atom stereocenters. The number of aryl methyl sites for hydroxylation is 1. The van der Waals surface area contributed by atoms with Crippen molar-refractivity contribution in [2.24, 2.45) is 0 Å². The molecule has 0 aliphatic heterocycles. The van der Waals surface area contributed by atoms with Crippen LogP contribution in [-0.4, -0.2) is 30.0 Å². The number of hydrogen-bond donors (Lipinski definition) is 0. The molecule has 0 spiro atoms. The van der Waals surface area contributed by atoms with Crippen LogP contribution in [0.5, 0.6) is 11.8 Å². The number of ketones is 1. The molecule has 104 valence electrons. The molecule has 1 heterocycles. The molecule has 2 rings (SSSR count). The van der Waals surface area contributed by atoms with Crippen LogP contribution in [0.1, 0.15) is 21.6 Å². The first-order chi connectivity index (χ1) is 9.56. The highest BCUT2D eigenvalue weighted by atomic mass is 19.1. The number of ether oxygens (including phenoxy) is 2. The molecule has 20 heavy (non-hydrogen) atoms. The van der Waals surface area contributed by atoms with Crippen molar-refractivity contribution in [1.29, 1.82) is 0 Å². The molecular formula is C14H13FN2O3. The zero-order valence-electron chi connectivity index (χ0n) is 11.3. The fraction of sp³-hybridized carbons (Fsp3) is 0.214. The van der Waals surface area contributed by atoms with Crippen molar-refractivity contribution in [1.82, 2.24) is 9.97 Å². The van der Waals surface area contributed by atoms with Gasteiger partial charge in [0.2, 0.25) is 17.5 Å². The van der Waals surface area contributed by atoms with Crippen LogP contribution in [0.15, 0.2) is 24.4 Å². The maximum Gasteiger partial charge on any atom is 0.247 e. The lowest BCUT2D eigenvalue weighted by Crippen LogP contribution is -2.10. The summed E-state index contributed by atoms with van der Waals surface area (Å²) in [7, 11) is 2.77. The second-order valence-electron chi connectivity index (χ2n) is 4.08. The van der Waals surface area contributed by atoms with Gasteiger partial charge in [0.1, 0.15) is 5.82 Å². The summed E-state index contributed by atoms with van der Waals surface area (Å²) < 4.78 is 23.7. The monoisotopic (exact) mass is 276 g/mol. The van der Waals surface area contributed by atoms with Gasteiger partial charge in [0.15, 0.2) is 5.69 Å². The largest absolute Gasteiger partial charge is 0.480 e. The van der Waals surface area contributed by atoms with Gasteiger partial charge in [-0.1, -0.05) is 6.07 Å². The van der Waals surface area contributed by atoms with Crippen LogP contribution < -0.4 is 9.47 Å². The van der Waals surface area contributed by atoms with Crippen LogP contribution in [-0.2, 0) is 0 Å². The van der Waals surface area contributed by atoms with Crippen LogP contribution in [0.4, 0.5) is 4.39 Å². The van der Waals surface area contributed by atoms with Crippen molar-refractivity contribution in [3.05, 3.63) is 47.0 Å². The van der Waals surface area contributed by atoms with E-state index in [4.69, 9.17) is 9.47 Å². The SMILES string of the molecule is COc1cnc(C(=O)c2ccc(C)cc2F)c(OC)n1. The highest BCUT2D eigenvalue weighted by molar-refractivity contribution is 6.09. The van der Waals surface area contributed by atoms with E-state index >= 15 is 0 Å². The fourth-order valence-corrected chi connectivity index (χ4v) is 1.69. The minimum atomic E-state index is -0.602. The van der Waals surface area contributed by atoms with E-state index in [2.05, 4.69) is 9.97 Å². The Morgan fingerprint density at radius 3 is 2.60 bits per heavy atom. The lowest BCUT2D eigenvalue weighted by Gasteiger charge is -2.08. The fourth-order valence-electron chi connectivity index (χ4n) is 1.69. The first-order valence-corrected chi connectivity index (χ1v) is 5.82. The molecule has 6 heteroatoms. The van der Waals surface area contributed by atoms with Gasteiger partial charge in [-0.15, -0.1) is 0 Å². The van der Waals surface area contributed by atoms with Crippen molar-refractivity contribution < 1.29 is 18.7 Å². The summed E-state index contributed by atoms with van der Waals surface area (Å²) in [4.78, 5) is 20.2. The highest BCUT2D eigenvalue weighted by Gasteiger charge is 2.21. The Hall–Kier alpha value is -2.50. The Balaban J connectivity index is 2.47. The predicted octanol–water partition coefficient (Wildman–Crippen LogP) is 2.17. The minimum Gasteiger partial charge on any atom is -0.480 e. The van der Waals surface area contributed by atoms with Crippen molar-refractivity contribution in [3.8, 4) is 11.8 Å². The zero-order valence-corrected chi connectivity index (χ0v) is 11.3. The van der Waals surface area contributed by atoms with Crippen LogP contribution in [0, 0.1) is 12.7 Å². The van der Waals surface area contributed by atoms with Crippen molar-refractivity contribution in [3.63, 3.8) is 0 Å². The molecule has 0 aliphatic carbocycles. The van der Waals surface area contributed by atoms with Crippen molar-refractivity contribution in [2.75, 3.05) is 14.2 Å². The van der Waals surface area contributed by atoms with E-state index in [1.807, 2.05) is 0 Å². The molecule has 5 nitrogen and oxygen atoms in total. The van der Waals surface area contributed by atoms with E-state index in [0.29, 0.717) is 0 Å². The van der Waals surface area contributed by atoms with Gasteiger partial charge in [0.05, 0.1) is 26.0 Å². The first kappa shape index (κ1) is 13.9. The van der Waals surface area contributed by atoms with Crippen LogP contribution >= 0.6 is 0 Å². The molecule has 0 atom stereocenters. The Labute approximate surface area is 115 Å². The van der Waals surface area contributed by atoms with Gasteiger partial charge in [-0.05, 0) is 24.6 Å². The average molecular weight is 276 g/mol. The quantitative estimate of drug-likeness (QED) is 0.801. The second-order valence-corrected chi connectivity index (χ2v) is 4.08. The van der Waals surface area contributed by atoms with Gasteiger partial charge in [-0.25, -0.2) is 9.37 Å². The third-order valence-electron chi connectivity index (χ3n) is 2.71. The van der Waals surface area contributed by atoms with E-state index < -0.39 is 11.6 Å². The Morgan fingerprint density at radius 1 is 1.25 bits per heavy atom. The summed E-state index contributed by atoms with van der Waals surface area (Å²) >= 11 is 0. The molecule has 0 fully saturated rings. The van der Waals surface area contributed by atoms with E-state index in [1.165, 1.54) is 32.5 Å². The lowest BCUT2D eigenvalue weighted by atomic mass is 10.1. The lowest BCUT2D eigenvalue weighted by molar-refractivity contribution is 0.102. The smallest absolute Gasteiger partial charge is 0.247 e. The Morgan fingerprint density at radius 2 is 2.00 bits per heavy atom. The maximum atomic E-state index is 13.8. The third kappa shape index (κ3) is 2.59. The second kappa shape index (κ2) is 5.64. The summed E-state index contributed by atoms with van der Waals surface area (Å²) in [6.07, 6.45) is 1.28. The van der Waals surface area contributed by atoms with Crippen molar-refractivity contribution in [2.45, 2.75) is 6.92 Å². The number of aromatic nitrogens is 2. The van der Waals surface area contributed by atoms with Crippen LogP contribution in [0.3, 0.4) is 0 Å². The number of benzene rings is 1. The number of methoxy groups -OCH3 is 2. The van der Waals surface area contributed by atoms with Gasteiger partial charge < -0.3 is 9.47 Å². The van der Waals surface area contributed by atoms with Gasteiger partial charge in [-0.3, -0.25) is 4.79 Å². The number of nitrogens with zero attached hydrogens (tertiary/aromatic N) is 2. The van der Waals surface area contributed by atoms with Gasteiger partial charge in [0, 0.05) is 0 Å². The molecule has 1 aromatic heterocycles. The third-order valence-corrected chi connectivity index (χ3v) is 2.71. The Bertz CT molecular complexity index is 659. The summed E-state index contributed by atoms with van der Waals surface area (Å²) in [6, 6.07) is 4.36. The molecule has 0 saturated carbocycles. The topological polar surface area (TPSA) is 61.3 Å². The number of hydrogen-bond acceptors (Lipinski definition) is 5. The van der Waals surface area contributed by atoms with Gasteiger partial charge in [-0.2, -0.15) is 4.98 Å². The van der Waals surface area contributed by atoms with E-state index in [-0.39, 0.29) is 23.0 Å². The number of rotatable bonds is 4. The molecule has 1 aromatic carbocycles. The molecule has 0 N–H and O–H groups in total. The number of halogens is 1. The molecule has 0 amide bonds. The van der Waals surface area contributed by atoms with E-state index in [1.54, 1.807) is 13.0 Å². The number of carbonyl (C=O) groups excluding carboxylic acids is 1. The molecular weight excluding hydrogens is 263 g/mol. The molecule has 0 aliphatic rings. The van der Waals surface area contributed by atoms with Crippen LogP contribution in [0.25, 0.3) is 0 Å². The predicted molar refractivity (Wildman–Crippen MR) is 69.7 cm³/mol. The van der Waals surface area contributed by atoms with Gasteiger partial charge in [0.25, 0.3) is 0 Å². The summed E-state index contributed by atoms with van der Waals surface area (Å²) in [6.45, 7) is 1.74. The molecule has 0 radical (unpaired) electrons. The normalized spacial score (nSPS) is 10.2. The zero-order chi connectivity index (χ0) is 14.7. The molecule has 2 aromatic rings. The molecule has 0 saturated heterocycles. The maximum absolute atomic E-state index is 13.8. The van der Waals surface area contributed by atoms with Crippen molar-refractivity contribution >= 4 is 5.78 Å². The summed E-state index contributed by atoms with van der Waals surface area (Å²) in [5.41, 5.74) is 0.594. The minimum absolute atomic E-state index is 0.00525. The highest BCUT2D eigenvalue weighted by Crippen LogP contribution is 2.21. The first-order valence-electron chi connectivity index (χ1n) is 5.82. The average Bonchev–Trinajstić information content (AvgIpc) is 2.46. The summed E-state index contributed by atoms with van der Waals surface area (Å²) in [5.74, 6) is -0.985. The standard InChI is InChI=1S/C14H13FN2O3/c1-8-4-5-9(10(15)6-8)13(18)12-14(20-3)17-11(19-2)7-16-12/h4-7H,1-3H3. The van der Waals surface area contributed by atoms with Crippen LogP contribution in [0.2, 0.25) is 0 Å². The van der Waals surface area contributed by atoms with Gasteiger partial charge >= 0.3 is 0 Å². The summed E-state index contributed by atoms with van der Waals surface area (Å²) in [5, 5.41) is 0.